The number of ether oxygens (including phenoxy) is 1. The van der Waals surface area contributed by atoms with Gasteiger partial charge in [0, 0.05) is 30.4 Å². The molecule has 1 N–H and O–H groups in total. The summed E-state index contributed by atoms with van der Waals surface area (Å²) in [7, 11) is 1.61. The second kappa shape index (κ2) is 9.83. The van der Waals surface area contributed by atoms with Gasteiger partial charge in [0.15, 0.2) is 5.82 Å². The zero-order chi connectivity index (χ0) is 21.6. The van der Waals surface area contributed by atoms with E-state index in [0.717, 1.165) is 35.1 Å². The Labute approximate surface area is 187 Å². The summed E-state index contributed by atoms with van der Waals surface area (Å²) >= 11 is 1.60. The Morgan fingerprint density at radius 1 is 1.13 bits per heavy atom. The van der Waals surface area contributed by atoms with Crippen molar-refractivity contribution in [1.29, 1.82) is 0 Å². The lowest BCUT2D eigenvalue weighted by atomic mass is 9.97. The number of aryl methyl sites for hydroxylation is 1. The molecule has 0 bridgehead atoms. The van der Waals surface area contributed by atoms with Gasteiger partial charge in [-0.15, -0.1) is 0 Å². The number of anilines is 2. The number of nitrogens with one attached hydrogen (secondary N) is 1. The van der Waals surface area contributed by atoms with Crippen molar-refractivity contribution in [2.24, 2.45) is 5.92 Å². The number of rotatable bonds is 6. The average molecular weight is 435 g/mol. The van der Waals surface area contributed by atoms with E-state index < -0.39 is 0 Å². The molecular formula is C24H26N4O2S. The van der Waals surface area contributed by atoms with E-state index in [1.165, 1.54) is 5.56 Å². The molecule has 0 radical (unpaired) electrons. The summed E-state index contributed by atoms with van der Waals surface area (Å²) in [6.07, 6.45) is 5.20. The molecule has 2 heterocycles. The molecule has 160 valence electrons. The third-order valence-corrected chi connectivity index (χ3v) is 6.33. The highest BCUT2D eigenvalue weighted by atomic mass is 32.2. The van der Waals surface area contributed by atoms with E-state index >= 15 is 0 Å². The van der Waals surface area contributed by atoms with Crippen LogP contribution in [0.3, 0.4) is 0 Å². The first-order valence-electron chi connectivity index (χ1n) is 10.4. The lowest BCUT2D eigenvalue weighted by Gasteiger charge is -2.33. The lowest BCUT2D eigenvalue weighted by Crippen LogP contribution is -2.41. The molecule has 1 atom stereocenters. The quantitative estimate of drug-likeness (QED) is 0.601. The Balaban J connectivity index is 1.48. The van der Waals surface area contributed by atoms with E-state index in [1.807, 2.05) is 24.3 Å². The fourth-order valence-corrected chi connectivity index (χ4v) is 4.57. The number of carbonyl (C=O) groups excluding carboxylic acids is 1. The fraction of sp³-hybridized carbons (Fsp3) is 0.292. The molecule has 1 saturated heterocycles. The van der Waals surface area contributed by atoms with Crippen LogP contribution in [-0.2, 0) is 4.79 Å². The number of amides is 1. The molecule has 1 amide bonds. The number of hydrogen-bond acceptors (Lipinski definition) is 6. The molecule has 1 aliphatic rings. The third kappa shape index (κ3) is 5.17. The van der Waals surface area contributed by atoms with Crippen LogP contribution in [0.1, 0.15) is 18.4 Å². The number of hydrogen-bond donors (Lipinski definition) is 1. The van der Waals surface area contributed by atoms with Crippen LogP contribution in [-0.4, -0.2) is 36.1 Å². The van der Waals surface area contributed by atoms with Gasteiger partial charge in [0.2, 0.25) is 5.91 Å². The van der Waals surface area contributed by atoms with E-state index in [0.29, 0.717) is 18.0 Å². The molecule has 1 aromatic heterocycles. The monoisotopic (exact) mass is 434 g/mol. The highest BCUT2D eigenvalue weighted by Crippen LogP contribution is 2.34. The minimum Gasteiger partial charge on any atom is -0.495 e. The third-order valence-electron chi connectivity index (χ3n) is 5.34. The van der Waals surface area contributed by atoms with Crippen LogP contribution < -0.4 is 15.0 Å². The minimum atomic E-state index is -0.127. The van der Waals surface area contributed by atoms with E-state index in [-0.39, 0.29) is 11.8 Å². The van der Waals surface area contributed by atoms with Crippen LogP contribution in [0.2, 0.25) is 0 Å². The molecule has 0 aliphatic carbocycles. The smallest absolute Gasteiger partial charge is 0.229 e. The van der Waals surface area contributed by atoms with Gasteiger partial charge in [-0.25, -0.2) is 9.97 Å². The molecule has 4 rings (SSSR count). The molecular weight excluding hydrogens is 408 g/mol. The zero-order valence-corrected chi connectivity index (χ0v) is 18.6. The second-order valence-corrected chi connectivity index (χ2v) is 8.64. The summed E-state index contributed by atoms with van der Waals surface area (Å²) in [5.41, 5.74) is 1.92. The number of benzene rings is 2. The lowest BCUT2D eigenvalue weighted by molar-refractivity contribution is -0.120. The van der Waals surface area contributed by atoms with Crippen molar-refractivity contribution in [2.75, 3.05) is 30.4 Å². The van der Waals surface area contributed by atoms with Crippen molar-refractivity contribution in [3.8, 4) is 5.75 Å². The highest BCUT2D eigenvalue weighted by molar-refractivity contribution is 7.99. The molecule has 6 nitrogen and oxygen atoms in total. The van der Waals surface area contributed by atoms with E-state index in [1.54, 1.807) is 31.3 Å². The Bertz CT molecular complexity index is 1040. The zero-order valence-electron chi connectivity index (χ0n) is 17.7. The van der Waals surface area contributed by atoms with Crippen molar-refractivity contribution in [1.82, 2.24) is 9.97 Å². The van der Waals surface area contributed by atoms with Gasteiger partial charge in [-0.3, -0.25) is 4.79 Å². The van der Waals surface area contributed by atoms with E-state index in [9.17, 15) is 4.79 Å². The van der Waals surface area contributed by atoms with Gasteiger partial charge in [-0.05, 0) is 44.0 Å². The highest BCUT2D eigenvalue weighted by Gasteiger charge is 2.28. The summed E-state index contributed by atoms with van der Waals surface area (Å²) < 4.78 is 5.36. The average Bonchev–Trinajstić information content (AvgIpc) is 2.81. The molecule has 0 unspecified atom stereocenters. The van der Waals surface area contributed by atoms with Gasteiger partial charge >= 0.3 is 0 Å². The summed E-state index contributed by atoms with van der Waals surface area (Å²) in [6.45, 7) is 3.55. The SMILES string of the molecule is COc1ccccc1NC(=O)[C@H]1CCCN(c2nccnc2Sc2ccc(C)cc2)C1. The molecule has 31 heavy (non-hydrogen) atoms. The molecule has 2 aromatic carbocycles. The van der Waals surface area contributed by atoms with Crippen LogP contribution in [0, 0.1) is 12.8 Å². The largest absolute Gasteiger partial charge is 0.495 e. The maximum absolute atomic E-state index is 13.0. The minimum absolute atomic E-state index is 0.00540. The number of para-hydroxylation sites is 2. The van der Waals surface area contributed by atoms with Gasteiger partial charge in [-0.2, -0.15) is 0 Å². The van der Waals surface area contributed by atoms with Gasteiger partial charge in [-0.1, -0.05) is 41.6 Å². The van der Waals surface area contributed by atoms with Crippen molar-refractivity contribution >= 4 is 29.2 Å². The van der Waals surface area contributed by atoms with Crippen LogP contribution in [0.5, 0.6) is 5.75 Å². The van der Waals surface area contributed by atoms with Crippen molar-refractivity contribution in [3.63, 3.8) is 0 Å². The van der Waals surface area contributed by atoms with E-state index in [2.05, 4.69) is 51.4 Å². The van der Waals surface area contributed by atoms with Crippen molar-refractivity contribution in [2.45, 2.75) is 29.7 Å². The first kappa shape index (κ1) is 21.2. The maximum Gasteiger partial charge on any atom is 0.229 e. The maximum atomic E-state index is 13.0. The van der Waals surface area contributed by atoms with Crippen LogP contribution in [0.25, 0.3) is 0 Å². The Morgan fingerprint density at radius 3 is 2.71 bits per heavy atom. The predicted octanol–water partition coefficient (Wildman–Crippen LogP) is 4.80. The van der Waals surface area contributed by atoms with Crippen LogP contribution >= 0.6 is 11.8 Å². The van der Waals surface area contributed by atoms with Crippen molar-refractivity contribution < 1.29 is 9.53 Å². The van der Waals surface area contributed by atoms with Gasteiger partial charge in [0.25, 0.3) is 0 Å². The number of nitrogens with zero attached hydrogens (tertiary/aromatic N) is 3. The molecule has 3 aromatic rings. The molecule has 0 saturated carbocycles. The van der Waals surface area contributed by atoms with Gasteiger partial charge in [0.1, 0.15) is 10.8 Å². The predicted molar refractivity (Wildman–Crippen MR) is 124 cm³/mol. The topological polar surface area (TPSA) is 67.3 Å². The van der Waals surface area contributed by atoms with Gasteiger partial charge < -0.3 is 15.0 Å². The molecule has 7 heteroatoms. The van der Waals surface area contributed by atoms with Crippen LogP contribution in [0.15, 0.2) is 70.8 Å². The first-order valence-corrected chi connectivity index (χ1v) is 11.2. The first-order chi connectivity index (χ1) is 15.1. The normalized spacial score (nSPS) is 16.1. The number of aromatic nitrogens is 2. The summed E-state index contributed by atoms with van der Waals surface area (Å²) in [6, 6.07) is 15.9. The Hall–Kier alpha value is -3.06. The van der Waals surface area contributed by atoms with Crippen LogP contribution in [0.4, 0.5) is 11.5 Å². The molecule has 1 aliphatic heterocycles. The number of carbonyl (C=O) groups is 1. The molecule has 1 fully saturated rings. The summed E-state index contributed by atoms with van der Waals surface area (Å²) in [5, 5.41) is 3.89. The van der Waals surface area contributed by atoms with Crippen molar-refractivity contribution in [3.05, 3.63) is 66.5 Å². The number of piperidine rings is 1. The summed E-state index contributed by atoms with van der Waals surface area (Å²) in [4.78, 5) is 25.5. The standard InChI is InChI=1S/C24H26N4O2S/c1-17-9-11-19(12-10-17)31-24-22(25-13-14-26-24)28-15-5-6-18(16-28)23(29)27-20-7-3-4-8-21(20)30-2/h3-4,7-14,18H,5-6,15-16H2,1-2H3,(H,27,29)/t18-/m0/s1. The Kier molecular flexibility index (Phi) is 6.72. The molecule has 0 spiro atoms. The van der Waals surface area contributed by atoms with Gasteiger partial charge in [0.05, 0.1) is 18.7 Å². The Morgan fingerprint density at radius 2 is 1.90 bits per heavy atom. The fourth-order valence-electron chi connectivity index (χ4n) is 3.69. The number of methoxy groups -OCH3 is 1. The van der Waals surface area contributed by atoms with E-state index in [4.69, 9.17) is 4.74 Å². The summed E-state index contributed by atoms with van der Waals surface area (Å²) in [5.74, 6) is 1.38. The second-order valence-electron chi connectivity index (χ2n) is 7.57.